The van der Waals surface area contributed by atoms with Gasteiger partial charge < -0.3 is 5.32 Å². The second-order valence-electron chi connectivity index (χ2n) is 4.48. The second-order valence-corrected chi connectivity index (χ2v) is 4.48. The van der Waals surface area contributed by atoms with Gasteiger partial charge in [0.25, 0.3) is 0 Å². The summed E-state index contributed by atoms with van der Waals surface area (Å²) in [5.74, 6) is 1.83. The molecule has 0 saturated heterocycles. The van der Waals surface area contributed by atoms with E-state index in [1.807, 2.05) is 0 Å². The summed E-state index contributed by atoms with van der Waals surface area (Å²) in [4.78, 5) is 0. The van der Waals surface area contributed by atoms with Crippen molar-refractivity contribution in [2.24, 2.45) is 11.8 Å². The zero-order valence-corrected chi connectivity index (χ0v) is 8.77. The highest BCUT2D eigenvalue weighted by atomic mass is 14.9. The fourth-order valence-electron chi connectivity index (χ4n) is 2.46. The van der Waals surface area contributed by atoms with Crippen molar-refractivity contribution < 1.29 is 0 Å². The smallest absolute Gasteiger partial charge is 0.00953 e. The molecule has 0 aromatic rings. The SMILES string of the molecule is CCNC1CCCC1CC(C)C. The molecule has 1 heteroatoms. The molecule has 1 saturated carbocycles. The van der Waals surface area contributed by atoms with E-state index in [1.54, 1.807) is 0 Å². The lowest BCUT2D eigenvalue weighted by Crippen LogP contribution is -2.32. The van der Waals surface area contributed by atoms with Gasteiger partial charge in [0.1, 0.15) is 0 Å². The number of nitrogens with one attached hydrogen (secondary N) is 1. The van der Waals surface area contributed by atoms with Gasteiger partial charge in [-0.1, -0.05) is 27.2 Å². The van der Waals surface area contributed by atoms with Crippen LogP contribution in [0.3, 0.4) is 0 Å². The van der Waals surface area contributed by atoms with Gasteiger partial charge in [-0.25, -0.2) is 0 Å². The Hall–Kier alpha value is -0.0400. The van der Waals surface area contributed by atoms with Gasteiger partial charge in [0.15, 0.2) is 0 Å². The molecule has 0 amide bonds. The second kappa shape index (κ2) is 4.86. The van der Waals surface area contributed by atoms with Gasteiger partial charge in [0.2, 0.25) is 0 Å². The van der Waals surface area contributed by atoms with Crippen LogP contribution in [0.5, 0.6) is 0 Å². The monoisotopic (exact) mass is 169 g/mol. The van der Waals surface area contributed by atoms with Crippen LogP contribution < -0.4 is 5.32 Å². The molecule has 2 unspecified atom stereocenters. The Bertz CT molecular complexity index is 120. The molecule has 72 valence electrons. The largest absolute Gasteiger partial charge is 0.314 e. The molecular formula is C11H23N. The Labute approximate surface area is 76.9 Å². The maximum Gasteiger partial charge on any atom is 0.00953 e. The van der Waals surface area contributed by atoms with Crippen molar-refractivity contribution in [3.05, 3.63) is 0 Å². The van der Waals surface area contributed by atoms with Crippen LogP contribution in [0.4, 0.5) is 0 Å². The molecule has 0 radical (unpaired) electrons. The van der Waals surface area contributed by atoms with Gasteiger partial charge in [-0.2, -0.15) is 0 Å². The summed E-state index contributed by atoms with van der Waals surface area (Å²) < 4.78 is 0. The highest BCUT2D eigenvalue weighted by Gasteiger charge is 2.26. The fourth-order valence-corrected chi connectivity index (χ4v) is 2.46. The highest BCUT2D eigenvalue weighted by molar-refractivity contribution is 4.83. The summed E-state index contributed by atoms with van der Waals surface area (Å²) in [6, 6.07) is 0.831. The number of hydrogen-bond donors (Lipinski definition) is 1. The summed E-state index contributed by atoms with van der Waals surface area (Å²) in [6.45, 7) is 8.02. The first kappa shape index (κ1) is 10.0. The van der Waals surface area contributed by atoms with Crippen molar-refractivity contribution in [3.63, 3.8) is 0 Å². The third-order valence-electron chi connectivity index (χ3n) is 2.90. The minimum absolute atomic E-state index is 0.831. The van der Waals surface area contributed by atoms with Crippen LogP contribution in [0.1, 0.15) is 46.5 Å². The summed E-state index contributed by atoms with van der Waals surface area (Å²) in [5, 5.41) is 3.60. The van der Waals surface area contributed by atoms with Crippen molar-refractivity contribution in [3.8, 4) is 0 Å². The quantitative estimate of drug-likeness (QED) is 0.682. The van der Waals surface area contributed by atoms with E-state index in [-0.39, 0.29) is 0 Å². The molecule has 12 heavy (non-hydrogen) atoms. The van der Waals surface area contributed by atoms with Crippen LogP contribution >= 0.6 is 0 Å². The van der Waals surface area contributed by atoms with Gasteiger partial charge in [-0.3, -0.25) is 0 Å². The van der Waals surface area contributed by atoms with Crippen LogP contribution in [0, 0.1) is 11.8 Å². The average molecular weight is 169 g/mol. The highest BCUT2D eigenvalue weighted by Crippen LogP contribution is 2.30. The third kappa shape index (κ3) is 2.78. The minimum atomic E-state index is 0.831. The summed E-state index contributed by atoms with van der Waals surface area (Å²) >= 11 is 0. The van der Waals surface area contributed by atoms with Crippen LogP contribution in [0.25, 0.3) is 0 Å². The van der Waals surface area contributed by atoms with E-state index in [1.165, 1.54) is 25.7 Å². The van der Waals surface area contributed by atoms with Crippen molar-refractivity contribution >= 4 is 0 Å². The molecule has 0 aromatic heterocycles. The first-order valence-corrected chi connectivity index (χ1v) is 5.47. The molecule has 0 heterocycles. The Morgan fingerprint density at radius 1 is 1.33 bits per heavy atom. The molecule has 1 N–H and O–H groups in total. The molecule has 1 rings (SSSR count). The number of hydrogen-bond acceptors (Lipinski definition) is 1. The molecule has 0 spiro atoms. The predicted octanol–water partition coefficient (Wildman–Crippen LogP) is 2.81. The van der Waals surface area contributed by atoms with Gasteiger partial charge >= 0.3 is 0 Å². The first-order valence-electron chi connectivity index (χ1n) is 5.47. The van der Waals surface area contributed by atoms with Crippen LogP contribution in [-0.2, 0) is 0 Å². The molecule has 1 fully saturated rings. The van der Waals surface area contributed by atoms with Crippen LogP contribution in [0.2, 0.25) is 0 Å². The molecule has 1 aliphatic carbocycles. The Kier molecular flexibility index (Phi) is 4.07. The van der Waals surface area contributed by atoms with E-state index < -0.39 is 0 Å². The fraction of sp³-hybridized carbons (Fsp3) is 1.00. The van der Waals surface area contributed by atoms with E-state index in [4.69, 9.17) is 0 Å². The lowest BCUT2D eigenvalue weighted by molar-refractivity contribution is 0.343. The van der Waals surface area contributed by atoms with E-state index >= 15 is 0 Å². The molecule has 2 atom stereocenters. The zero-order chi connectivity index (χ0) is 8.97. The predicted molar refractivity (Wildman–Crippen MR) is 54.3 cm³/mol. The van der Waals surface area contributed by atoms with Crippen molar-refractivity contribution in [2.45, 2.75) is 52.5 Å². The zero-order valence-electron chi connectivity index (χ0n) is 8.77. The molecule has 0 aromatic carbocycles. The van der Waals surface area contributed by atoms with Gasteiger partial charge in [-0.05, 0) is 37.6 Å². The lowest BCUT2D eigenvalue weighted by atomic mass is 9.93. The first-order chi connectivity index (χ1) is 5.74. The van der Waals surface area contributed by atoms with Crippen LogP contribution in [-0.4, -0.2) is 12.6 Å². The molecule has 0 bridgehead atoms. The molecule has 1 aliphatic rings. The summed E-state index contributed by atoms with van der Waals surface area (Å²) in [5.41, 5.74) is 0. The topological polar surface area (TPSA) is 12.0 Å². The van der Waals surface area contributed by atoms with Crippen molar-refractivity contribution in [1.82, 2.24) is 5.32 Å². The van der Waals surface area contributed by atoms with Gasteiger partial charge in [-0.15, -0.1) is 0 Å². The molecule has 0 aliphatic heterocycles. The average Bonchev–Trinajstić information content (AvgIpc) is 2.37. The van der Waals surface area contributed by atoms with E-state index in [9.17, 15) is 0 Å². The maximum atomic E-state index is 3.60. The van der Waals surface area contributed by atoms with E-state index in [2.05, 4.69) is 26.1 Å². The van der Waals surface area contributed by atoms with E-state index in [0.29, 0.717) is 0 Å². The van der Waals surface area contributed by atoms with Crippen molar-refractivity contribution in [1.29, 1.82) is 0 Å². The van der Waals surface area contributed by atoms with Gasteiger partial charge in [0.05, 0.1) is 0 Å². The number of rotatable bonds is 4. The Morgan fingerprint density at radius 2 is 2.08 bits per heavy atom. The summed E-state index contributed by atoms with van der Waals surface area (Å²) in [6.07, 6.45) is 5.72. The Morgan fingerprint density at radius 3 is 2.67 bits per heavy atom. The lowest BCUT2D eigenvalue weighted by Gasteiger charge is -2.21. The minimum Gasteiger partial charge on any atom is -0.314 e. The third-order valence-corrected chi connectivity index (χ3v) is 2.90. The maximum absolute atomic E-state index is 3.60. The van der Waals surface area contributed by atoms with E-state index in [0.717, 1.165) is 24.4 Å². The normalized spacial score (nSPS) is 30.0. The Balaban J connectivity index is 2.30. The molecule has 1 nitrogen and oxygen atoms in total. The summed E-state index contributed by atoms with van der Waals surface area (Å²) in [7, 11) is 0. The molecular weight excluding hydrogens is 146 g/mol. The van der Waals surface area contributed by atoms with Crippen molar-refractivity contribution in [2.75, 3.05) is 6.54 Å². The standard InChI is InChI=1S/C11H23N/c1-4-12-11-7-5-6-10(11)8-9(2)3/h9-12H,4-8H2,1-3H3. The van der Waals surface area contributed by atoms with Crippen LogP contribution in [0.15, 0.2) is 0 Å². The van der Waals surface area contributed by atoms with Gasteiger partial charge in [0, 0.05) is 6.04 Å².